The van der Waals surface area contributed by atoms with Gasteiger partial charge in [0.05, 0.1) is 62.6 Å². The van der Waals surface area contributed by atoms with Crippen molar-refractivity contribution in [2.24, 2.45) is 0 Å². The van der Waals surface area contributed by atoms with Crippen molar-refractivity contribution in [1.29, 1.82) is 0 Å². The van der Waals surface area contributed by atoms with E-state index in [1.54, 1.807) is 13.8 Å². The normalized spacial score (nSPS) is 47.6. The quantitative estimate of drug-likeness (QED) is 0.0781. The van der Waals surface area contributed by atoms with E-state index >= 15 is 0 Å². The molecule has 32 rings (SSSR count). The maximum atomic E-state index is 13.6. The summed E-state index contributed by atoms with van der Waals surface area (Å²) < 4.78 is 158. The van der Waals surface area contributed by atoms with Crippen LogP contribution < -0.4 is 0 Å². The lowest BCUT2D eigenvalue weighted by Crippen LogP contribution is -2.69. The molecule has 616 valence electrons. The van der Waals surface area contributed by atoms with Gasteiger partial charge in [0, 0.05) is 0 Å². The maximum absolute atomic E-state index is 13.6. The Morgan fingerprint density at radius 3 is 0.546 bits per heavy atom. The van der Waals surface area contributed by atoms with Crippen molar-refractivity contribution >= 4 is 20.2 Å². The maximum Gasteiger partial charge on any atom is 0.297 e. The molecule has 46 heteroatoms. The number of ether oxygens (including phenoxy) is 16. The minimum absolute atomic E-state index is 0.413. The molecule has 22 N–H and O–H groups in total. The first-order valence-electron chi connectivity index (χ1n) is 34.1. The molecule has 2 aromatic carbocycles. The molecule has 30 fully saturated rings. The molecule has 0 unspecified atom stereocenters. The Hall–Kier alpha value is -3.26. The fourth-order valence-electron chi connectivity index (χ4n) is 13.7. The second kappa shape index (κ2) is 35.9. The number of aliphatic hydroxyl groups is 22. The molecule has 0 spiro atoms. The van der Waals surface area contributed by atoms with Crippen molar-refractivity contribution in [2.45, 2.75) is 269 Å². The number of hydrogen-bond donors (Lipinski definition) is 22. The third kappa shape index (κ3) is 17.8. The van der Waals surface area contributed by atoms with Gasteiger partial charge in [-0.1, -0.05) is 35.4 Å². The highest BCUT2D eigenvalue weighted by atomic mass is 32.2. The highest BCUT2D eigenvalue weighted by Crippen LogP contribution is 2.41. The highest BCUT2D eigenvalue weighted by Gasteiger charge is 2.61. The van der Waals surface area contributed by atoms with Gasteiger partial charge < -0.3 is 188 Å². The number of aliphatic hydroxyl groups excluding tert-OH is 22. The van der Waals surface area contributed by atoms with Crippen LogP contribution in [0.4, 0.5) is 0 Å². The number of aryl methyl sites for hydroxylation is 2. The Balaban J connectivity index is 0.898. The lowest BCUT2D eigenvalue weighted by molar-refractivity contribution is -0.403. The van der Waals surface area contributed by atoms with Gasteiger partial charge in [-0.2, -0.15) is 16.8 Å². The molecule has 30 aliphatic heterocycles. The molecule has 108 heavy (non-hydrogen) atoms. The molecule has 30 aliphatic rings. The molecule has 0 radical (unpaired) electrons. The highest BCUT2D eigenvalue weighted by molar-refractivity contribution is 7.87. The Kier molecular flexibility index (Phi) is 28.4. The average molecular weight is 1610 g/mol. The summed E-state index contributed by atoms with van der Waals surface area (Å²) in [6, 6.07) is 10.3. The molecule has 30 heterocycles. The third-order valence-corrected chi connectivity index (χ3v) is 22.5. The van der Waals surface area contributed by atoms with Gasteiger partial charge in [-0.05, 0) is 38.1 Å². The zero-order chi connectivity index (χ0) is 78.4. The second-order valence-corrected chi connectivity index (χ2v) is 30.4. The summed E-state index contributed by atoms with van der Waals surface area (Å²) in [6.07, 6.45) is -87.6. The predicted octanol–water partition coefficient (Wildman–Crippen LogP) is -14.0. The van der Waals surface area contributed by atoms with E-state index < -0.39 is 329 Å². The van der Waals surface area contributed by atoms with E-state index in [2.05, 4.69) is 0 Å². The van der Waals surface area contributed by atoms with Crippen LogP contribution in [0.15, 0.2) is 58.3 Å². The van der Waals surface area contributed by atoms with Crippen molar-refractivity contribution < 1.29 is 213 Å². The lowest BCUT2D eigenvalue weighted by Gasteiger charge is -2.50. The molecule has 0 aliphatic carbocycles. The largest absolute Gasteiger partial charge is 0.394 e. The van der Waals surface area contributed by atoms with Crippen LogP contribution in [0.1, 0.15) is 11.1 Å². The van der Waals surface area contributed by atoms with Gasteiger partial charge in [0.15, 0.2) is 50.3 Å². The van der Waals surface area contributed by atoms with Gasteiger partial charge in [0.1, 0.15) is 195 Å². The van der Waals surface area contributed by atoms with Crippen LogP contribution in [0.25, 0.3) is 0 Å². The molecule has 2 aromatic rings. The third-order valence-electron chi connectivity index (χ3n) is 19.9. The Labute approximate surface area is 613 Å². The van der Waals surface area contributed by atoms with Crippen molar-refractivity contribution in [3.05, 3.63) is 59.7 Å². The van der Waals surface area contributed by atoms with E-state index in [-0.39, 0.29) is 0 Å². The van der Waals surface area contributed by atoms with E-state index in [1.165, 1.54) is 48.5 Å². The Morgan fingerprint density at radius 2 is 0.389 bits per heavy atom. The summed E-state index contributed by atoms with van der Waals surface area (Å²) in [6.45, 7) is -6.07. The Bertz CT molecular complexity index is 3320. The van der Waals surface area contributed by atoms with Gasteiger partial charge >= 0.3 is 0 Å². The predicted molar refractivity (Wildman–Crippen MR) is 336 cm³/mol. The van der Waals surface area contributed by atoms with Gasteiger partial charge in [-0.25, -0.2) is 0 Å². The van der Waals surface area contributed by atoms with Crippen LogP contribution in [-0.2, 0) is 104 Å². The van der Waals surface area contributed by atoms with Crippen LogP contribution >= 0.6 is 0 Å². The van der Waals surface area contributed by atoms with Crippen molar-refractivity contribution in [1.82, 2.24) is 0 Å². The number of hydrogen-bond acceptors (Lipinski definition) is 44. The van der Waals surface area contributed by atoms with E-state index in [4.69, 9.17) is 84.2 Å². The smallest absolute Gasteiger partial charge is 0.297 e. The first kappa shape index (κ1) is 85.6. The van der Waals surface area contributed by atoms with Crippen LogP contribution in [-0.4, -0.2) is 428 Å². The van der Waals surface area contributed by atoms with E-state index in [1.807, 2.05) is 0 Å². The minimum atomic E-state index is -4.79. The van der Waals surface area contributed by atoms with Crippen molar-refractivity contribution in [3.8, 4) is 0 Å². The van der Waals surface area contributed by atoms with Crippen LogP contribution in [0.2, 0.25) is 0 Å². The molecule has 30 saturated heterocycles. The molecule has 0 saturated carbocycles. The van der Waals surface area contributed by atoms with Gasteiger partial charge in [-0.3, -0.25) is 8.37 Å². The summed E-state index contributed by atoms with van der Waals surface area (Å²) in [5, 5.41) is 251. The fourth-order valence-corrected chi connectivity index (χ4v) is 15.6. The molecular formula is C62H92O44S2. The molecule has 44 nitrogen and oxygen atoms in total. The first-order chi connectivity index (χ1) is 51.2. The minimum Gasteiger partial charge on any atom is -0.394 e. The van der Waals surface area contributed by atoms with E-state index in [9.17, 15) is 129 Å². The van der Waals surface area contributed by atoms with Crippen LogP contribution in [0.3, 0.4) is 0 Å². The zero-order valence-electron chi connectivity index (χ0n) is 57.0. The summed E-state index contributed by atoms with van der Waals surface area (Å²) in [7, 11) is -9.57. The SMILES string of the molecule is Cc1ccc(S(=O)(=O)OC[C@H]2O[C@@H]3O[C@H]4[C@H](O)[C@@H](O)[C@@H](O[C@H]5[C@H](O)[C@@H](O)[C@@H](O[C@H]6[C@H](O)[C@@H](O)[C@@H](O[C@H]7[C@H](O)[C@@H](O)[C@@H](O[C@H]8[C@H](O)[C@@H](O)[C@@H](O[C@H]9[C@H](O)[C@@H](O)[C@@H](O[C@H]%10[C@H](O)[C@@H](O)[C@@H](O[C@H]2[C@H](O)[C@H]3O)O[C@@H]%10CO)O[C@@H]9CO)O[C@@H]8CO)O[C@@H]7CO)O[C@@H]6COS(=O)(=O)c2ccc(C)cc2)O[C@@H]5CO)O[C@@H]4CO)cc1. The van der Waals surface area contributed by atoms with Gasteiger partial charge in [-0.15, -0.1) is 0 Å². The second-order valence-electron chi connectivity index (χ2n) is 27.2. The summed E-state index contributed by atoms with van der Waals surface area (Å²) >= 11 is 0. The lowest BCUT2D eigenvalue weighted by atomic mass is 9.94. The number of rotatable bonds is 14. The molecule has 0 amide bonds. The monoisotopic (exact) mass is 1600 g/mol. The number of benzene rings is 2. The van der Waals surface area contributed by atoms with Crippen LogP contribution in [0.5, 0.6) is 0 Å². The summed E-state index contributed by atoms with van der Waals surface area (Å²) in [5.74, 6) is 0. The molecule has 0 aromatic heterocycles. The van der Waals surface area contributed by atoms with Gasteiger partial charge in [0.25, 0.3) is 20.2 Å². The van der Waals surface area contributed by atoms with Crippen molar-refractivity contribution in [3.63, 3.8) is 0 Å². The zero-order valence-corrected chi connectivity index (χ0v) is 58.6. The van der Waals surface area contributed by atoms with Gasteiger partial charge in [0.2, 0.25) is 0 Å². The fraction of sp³-hybridized carbons (Fsp3) is 0.806. The first-order valence-corrected chi connectivity index (χ1v) is 36.9. The van der Waals surface area contributed by atoms with E-state index in [0.717, 1.165) is 0 Å². The van der Waals surface area contributed by atoms with E-state index in [0.29, 0.717) is 11.1 Å². The molecule has 40 atom stereocenters. The average Bonchev–Trinajstić information content (AvgIpc) is 0.774. The summed E-state index contributed by atoms with van der Waals surface area (Å²) in [5.41, 5.74) is 1.25. The standard InChI is InChI=1S/C62H92O44S2/c1-19-3-7-21(8-4-19)107(85,86)89-17-29-53-38(76)46(84)62(98-29)104-52-28(16-68)94-58(42(80)34(52)72)102-50-26(14-66)96-60(44(82)36(50)74)106-54-30(18-90-108(87,88)22-9-5-20(2)6-10-22)97-61(45(83)37(54)75)103-51-27(15-67)93-57(41(79)33(51)71)100-48-24(12-64)91-55(39(77)31(48)69)99-47-23(11-63)92-56(40(78)32(47)70)101-49-25(13-65)95-59(105-53)43(81)35(49)73/h3-10,23-84H,11-18H2,1-2H3/t23-,24-,25-,26-,27-,28-,29-,30-,31-,32-,33-,34-,35-,36-,37-,38-,39-,40-,41-,42-,43-,44-,45-,46-,47-,48-,49-,50-,51-,52-,53-,54-,55-,56-,57-,58-,59-,60-,61-,62-/m1/s1. The van der Waals surface area contributed by atoms with Crippen LogP contribution in [0, 0.1) is 13.8 Å². The summed E-state index contributed by atoms with van der Waals surface area (Å²) in [4.78, 5) is -0.826. The topological polar surface area (TPSA) is 679 Å². The molecule has 16 bridgehead atoms. The molecular weight excluding hydrogens is 1510 g/mol. The van der Waals surface area contributed by atoms with Crippen molar-refractivity contribution in [2.75, 3.05) is 52.9 Å². The Morgan fingerprint density at radius 1 is 0.241 bits per heavy atom.